The third kappa shape index (κ3) is 4.73. The van der Waals surface area contributed by atoms with Crippen molar-refractivity contribution in [2.45, 2.75) is 99.2 Å². The number of aromatic nitrogens is 1. The van der Waals surface area contributed by atoms with Crippen molar-refractivity contribution < 1.29 is 48.0 Å². The summed E-state index contributed by atoms with van der Waals surface area (Å²) in [5, 5.41) is 14.3. The number of aliphatic hydroxyl groups is 1. The molecule has 1 amide bonds. The van der Waals surface area contributed by atoms with E-state index in [-0.39, 0.29) is 17.6 Å². The second kappa shape index (κ2) is 13.4. The molecule has 6 aliphatic heterocycles. The molecule has 1 unspecified atom stereocenters. The molecule has 2 N–H and O–H groups in total. The zero-order valence-electron chi connectivity index (χ0n) is 35.1. The van der Waals surface area contributed by atoms with Crippen LogP contribution in [0.1, 0.15) is 68.8 Å². The summed E-state index contributed by atoms with van der Waals surface area (Å²) >= 11 is 0. The number of hydrogen-bond acceptors (Lipinski definition) is 12. The molecule has 1 aromatic heterocycles. The van der Waals surface area contributed by atoms with E-state index in [1.54, 1.807) is 13.2 Å². The highest BCUT2D eigenvalue weighted by Crippen LogP contribution is 2.68. The first-order chi connectivity index (χ1) is 28.9. The van der Waals surface area contributed by atoms with Crippen LogP contribution < -0.4 is 9.64 Å². The van der Waals surface area contributed by atoms with Crippen LogP contribution in [0.3, 0.4) is 0 Å². The number of carbonyl (C=O) groups excluding carboxylic acids is 4. The molecule has 2 bridgehead atoms. The minimum Gasteiger partial charge on any atom is -0.496 e. The predicted octanol–water partition coefficient (Wildman–Crippen LogP) is 3.53. The molecular weight excluding hydrogens is 769 g/mol. The number of rotatable bonds is 8. The molecule has 3 aromatic rings. The minimum atomic E-state index is -2.52. The first-order valence-electron chi connectivity index (χ1n) is 21.3. The van der Waals surface area contributed by atoms with E-state index in [9.17, 15) is 19.5 Å². The molecule has 4 fully saturated rings. The van der Waals surface area contributed by atoms with Gasteiger partial charge in [-0.25, -0.2) is 4.79 Å². The number of para-hydroxylation sites is 1. The molecule has 10 rings (SSSR count). The van der Waals surface area contributed by atoms with Crippen molar-refractivity contribution in [3.8, 4) is 5.75 Å². The lowest BCUT2D eigenvalue weighted by molar-refractivity contribution is -0.228. The van der Waals surface area contributed by atoms with Gasteiger partial charge in [0, 0.05) is 84.1 Å². The van der Waals surface area contributed by atoms with Crippen LogP contribution in [0.4, 0.5) is 5.69 Å². The number of nitrogens with zero attached hydrogens (tertiary/aromatic N) is 3. The number of esters is 3. The predicted molar refractivity (Wildman–Crippen MR) is 219 cm³/mol. The Balaban J connectivity index is 1.29. The molecule has 1 aliphatic carbocycles. The number of nitrogens with one attached hydrogen (secondary N) is 1. The Labute approximate surface area is 349 Å². The number of carbonyl (C=O) groups is 4. The number of ether oxygens (including phenoxy) is 5. The number of H-pyrrole nitrogens is 1. The number of epoxide rings is 1. The van der Waals surface area contributed by atoms with Crippen molar-refractivity contribution in [3.05, 3.63) is 70.9 Å². The Morgan fingerprint density at radius 1 is 1.02 bits per heavy atom. The molecule has 0 radical (unpaired) electrons. The zero-order chi connectivity index (χ0) is 42.1. The summed E-state index contributed by atoms with van der Waals surface area (Å²) in [5.41, 5.74) is -2.15. The van der Waals surface area contributed by atoms with Crippen LogP contribution >= 0.6 is 0 Å². The maximum Gasteiger partial charge on any atom is 0.344 e. The van der Waals surface area contributed by atoms with Gasteiger partial charge in [-0.1, -0.05) is 44.2 Å². The van der Waals surface area contributed by atoms with E-state index in [0.717, 1.165) is 48.2 Å². The first kappa shape index (κ1) is 39.4. The van der Waals surface area contributed by atoms with Gasteiger partial charge in [-0.05, 0) is 61.9 Å². The van der Waals surface area contributed by atoms with Gasteiger partial charge in [-0.3, -0.25) is 24.2 Å². The molecule has 14 nitrogen and oxygen atoms in total. The Kier molecular flexibility index (Phi) is 8.77. The van der Waals surface area contributed by atoms with Crippen molar-refractivity contribution in [2.24, 2.45) is 11.3 Å². The number of benzene rings is 2. The van der Waals surface area contributed by atoms with Gasteiger partial charge >= 0.3 is 17.9 Å². The molecule has 7 aliphatic rings. The standard InChI is InChI=1S/C46H54N4O10/c1-7-42-15-11-17-49-19-16-44(37(42)49)30-20-31(34(56-4)21-33(30)50(25-51)38(44)46(55,41(54)58-6)39(42)59-26(3)52)45(40(53)57-5)22-27-23-48(24-43(8-2)36(27)60-43)18-14-29-28-12-9-10-13-32(28)47-35(29)45/h9-13,15,20-21,25,27,36-39,47,55H,7-8,14,16-19,22-24H2,1-6H3/t27-,36-,37-,38+,39+,42+,43-,44+,45-,46-/m0/s1. The molecule has 1 spiro atoms. The zero-order valence-corrected chi connectivity index (χ0v) is 35.1. The molecule has 60 heavy (non-hydrogen) atoms. The summed E-state index contributed by atoms with van der Waals surface area (Å²) < 4.78 is 30.4. The molecule has 14 heteroatoms. The van der Waals surface area contributed by atoms with Gasteiger partial charge < -0.3 is 38.7 Å². The maximum atomic E-state index is 15.4. The highest BCUT2D eigenvalue weighted by Gasteiger charge is 2.81. The Morgan fingerprint density at radius 3 is 2.50 bits per heavy atom. The fourth-order valence-electron chi connectivity index (χ4n) is 13.7. The van der Waals surface area contributed by atoms with Gasteiger partial charge in [-0.15, -0.1) is 0 Å². The van der Waals surface area contributed by atoms with E-state index in [1.165, 1.54) is 26.0 Å². The average Bonchev–Trinajstić information content (AvgIpc) is 3.53. The lowest BCUT2D eigenvalue weighted by atomic mass is 9.47. The van der Waals surface area contributed by atoms with Crippen LogP contribution in [0.25, 0.3) is 10.9 Å². The van der Waals surface area contributed by atoms with Crippen molar-refractivity contribution in [2.75, 3.05) is 59.0 Å². The SMILES string of the molecule is CC[C@]12CN3CCc4c([nH]c5ccccc45)[C@@](C(=O)OC)(c4cc5c(cc4OC)N(C=O)[C@H]4[C@@](O)(C(=O)OC)[C@H](OC(C)=O)[C@]6(CC)C=CCN7CC[C@]54[C@@H]76)C[C@@H](C3)[C@@H]1O2. The molecular formula is C46H54N4O10. The largest absolute Gasteiger partial charge is 0.496 e. The van der Waals surface area contributed by atoms with Crippen molar-refractivity contribution >= 4 is 40.9 Å². The average molecular weight is 823 g/mol. The number of amides is 1. The lowest BCUT2D eigenvalue weighted by Gasteiger charge is -2.63. The summed E-state index contributed by atoms with van der Waals surface area (Å²) in [4.78, 5) is 66.5. The van der Waals surface area contributed by atoms with Crippen LogP contribution in [0.2, 0.25) is 0 Å². The Hall–Kier alpha value is -4.76. The summed E-state index contributed by atoms with van der Waals surface area (Å²) in [7, 11) is 4.15. The van der Waals surface area contributed by atoms with E-state index in [0.29, 0.717) is 67.7 Å². The molecule has 2 aromatic carbocycles. The van der Waals surface area contributed by atoms with Crippen molar-refractivity contribution in [3.63, 3.8) is 0 Å². The van der Waals surface area contributed by atoms with E-state index in [1.807, 2.05) is 43.3 Å². The van der Waals surface area contributed by atoms with Crippen LogP contribution in [-0.4, -0.2) is 134 Å². The quantitative estimate of drug-likeness (QED) is 0.112. The Bertz CT molecular complexity index is 2360. The molecule has 3 saturated heterocycles. The van der Waals surface area contributed by atoms with Crippen LogP contribution in [0.5, 0.6) is 5.75 Å². The van der Waals surface area contributed by atoms with Crippen molar-refractivity contribution in [1.82, 2.24) is 14.8 Å². The smallest absolute Gasteiger partial charge is 0.344 e. The lowest BCUT2D eigenvalue weighted by Crippen LogP contribution is -2.81. The van der Waals surface area contributed by atoms with Crippen LogP contribution in [0, 0.1) is 11.3 Å². The van der Waals surface area contributed by atoms with Gasteiger partial charge in [0.25, 0.3) is 0 Å². The number of hydrogen-bond donors (Lipinski definition) is 2. The summed E-state index contributed by atoms with van der Waals surface area (Å²) in [6, 6.07) is 10.2. The number of anilines is 1. The number of fused-ring (bicyclic) bond motifs is 8. The third-order valence-electron chi connectivity index (χ3n) is 15.9. The maximum absolute atomic E-state index is 15.4. The van der Waals surface area contributed by atoms with Crippen LogP contribution in [-0.2, 0) is 55.4 Å². The minimum absolute atomic E-state index is 0.0585. The third-order valence-corrected chi connectivity index (χ3v) is 15.9. The second-order valence-corrected chi connectivity index (χ2v) is 18.2. The van der Waals surface area contributed by atoms with E-state index < -0.39 is 57.9 Å². The molecule has 7 heterocycles. The van der Waals surface area contributed by atoms with E-state index in [4.69, 9.17) is 23.7 Å². The van der Waals surface area contributed by atoms with Gasteiger partial charge in [0.15, 0.2) is 6.10 Å². The fourth-order valence-corrected chi connectivity index (χ4v) is 13.7. The molecule has 11 atom stereocenters. The highest BCUT2D eigenvalue weighted by atomic mass is 16.6. The number of aromatic amines is 1. The fraction of sp³-hybridized carbons (Fsp3) is 0.565. The summed E-state index contributed by atoms with van der Waals surface area (Å²) in [6.45, 7) is 8.86. The Morgan fingerprint density at radius 2 is 1.80 bits per heavy atom. The van der Waals surface area contributed by atoms with E-state index in [2.05, 4.69) is 27.8 Å². The van der Waals surface area contributed by atoms with Gasteiger partial charge in [-0.2, -0.15) is 0 Å². The van der Waals surface area contributed by atoms with Gasteiger partial charge in [0.05, 0.1) is 39.2 Å². The van der Waals surface area contributed by atoms with Gasteiger partial charge in [0.1, 0.15) is 16.8 Å². The van der Waals surface area contributed by atoms with Crippen LogP contribution in [0.15, 0.2) is 48.6 Å². The van der Waals surface area contributed by atoms with Crippen molar-refractivity contribution in [1.29, 1.82) is 0 Å². The topological polar surface area (TPSA) is 163 Å². The van der Waals surface area contributed by atoms with E-state index >= 15 is 4.79 Å². The summed E-state index contributed by atoms with van der Waals surface area (Å²) in [5.74, 6) is -1.87. The van der Waals surface area contributed by atoms with Gasteiger partial charge in [0.2, 0.25) is 12.0 Å². The number of methoxy groups -OCH3 is 3. The normalized spacial score (nSPS) is 38.2. The highest BCUT2D eigenvalue weighted by molar-refractivity contribution is 5.96. The summed E-state index contributed by atoms with van der Waals surface area (Å²) in [6.07, 6.45) is 5.84. The number of piperidine rings is 1. The first-order valence-corrected chi connectivity index (χ1v) is 21.3. The monoisotopic (exact) mass is 822 g/mol. The molecule has 318 valence electrons. The molecule has 1 saturated carbocycles. The second-order valence-electron chi connectivity index (χ2n) is 18.2.